The molecule has 1 heterocycles. The van der Waals surface area contributed by atoms with Gasteiger partial charge in [-0.2, -0.15) is 0 Å². The molecule has 0 aliphatic carbocycles. The van der Waals surface area contributed by atoms with Gasteiger partial charge in [0.15, 0.2) is 11.6 Å². The Morgan fingerprint density at radius 3 is 2.56 bits per heavy atom. The highest BCUT2D eigenvalue weighted by atomic mass is 16.4. The second kappa shape index (κ2) is 5.17. The van der Waals surface area contributed by atoms with Crippen LogP contribution in [-0.2, 0) is 0 Å². The van der Waals surface area contributed by atoms with Crippen molar-refractivity contribution in [1.29, 1.82) is 0 Å². The smallest absolute Gasteiger partial charge is 0.194 e. The number of Topliss-reactive ketones (excluding diaryl/α,β-unsaturated/α-hetero) is 1. The van der Waals surface area contributed by atoms with Gasteiger partial charge in [0.2, 0.25) is 0 Å². The van der Waals surface area contributed by atoms with E-state index in [4.69, 9.17) is 10.2 Å². The Morgan fingerprint density at radius 2 is 2.12 bits per heavy atom. The molecule has 5 N–H and O–H groups in total. The zero-order valence-electron chi connectivity index (χ0n) is 8.66. The van der Waals surface area contributed by atoms with Gasteiger partial charge in [0.25, 0.3) is 0 Å². The van der Waals surface area contributed by atoms with Crippen molar-refractivity contribution < 1.29 is 25.2 Å². The van der Waals surface area contributed by atoms with Crippen LogP contribution in [0.4, 0.5) is 0 Å². The lowest BCUT2D eigenvalue weighted by Gasteiger charge is -2.20. The first-order valence-electron chi connectivity index (χ1n) is 4.68. The van der Waals surface area contributed by atoms with E-state index in [1.807, 2.05) is 0 Å². The Labute approximate surface area is 91.4 Å². The summed E-state index contributed by atoms with van der Waals surface area (Å²) in [5, 5.41) is 36.7. The lowest BCUT2D eigenvalue weighted by atomic mass is 10.1. The van der Waals surface area contributed by atoms with Gasteiger partial charge in [-0.25, -0.2) is 4.98 Å². The normalized spacial score (nSPS) is 16.8. The van der Waals surface area contributed by atoms with Crippen molar-refractivity contribution >= 4 is 5.78 Å². The van der Waals surface area contributed by atoms with Crippen molar-refractivity contribution in [3.63, 3.8) is 0 Å². The standard InChI is InChI=1S/C9H14N2O5/c1-4(13)9-10-2-5(11-9)7(15)8(16)6(14)3-12/h2,6-8,12,14-16H,3H2,1H3,(H,10,11)/t6-,7+,8-/m0/s1. The minimum Gasteiger partial charge on any atom is -0.394 e. The van der Waals surface area contributed by atoms with Gasteiger partial charge >= 0.3 is 0 Å². The minimum atomic E-state index is -1.55. The van der Waals surface area contributed by atoms with Crippen molar-refractivity contribution in [2.75, 3.05) is 6.61 Å². The van der Waals surface area contributed by atoms with Crippen LogP contribution in [0.5, 0.6) is 0 Å². The van der Waals surface area contributed by atoms with Gasteiger partial charge in [0.05, 0.1) is 18.5 Å². The molecule has 1 aromatic heterocycles. The number of nitrogens with zero attached hydrogens (tertiary/aromatic N) is 1. The van der Waals surface area contributed by atoms with Crippen LogP contribution in [0.15, 0.2) is 6.20 Å². The van der Waals surface area contributed by atoms with E-state index in [9.17, 15) is 15.0 Å². The summed E-state index contributed by atoms with van der Waals surface area (Å²) in [4.78, 5) is 17.1. The number of carbonyl (C=O) groups is 1. The fraction of sp³-hybridized carbons (Fsp3) is 0.556. The third-order valence-electron chi connectivity index (χ3n) is 2.15. The molecule has 16 heavy (non-hydrogen) atoms. The number of aromatic nitrogens is 2. The van der Waals surface area contributed by atoms with Gasteiger partial charge in [0.1, 0.15) is 18.3 Å². The second-order valence-electron chi connectivity index (χ2n) is 3.43. The molecule has 0 amide bonds. The summed E-state index contributed by atoms with van der Waals surface area (Å²) in [5.41, 5.74) is 0.102. The van der Waals surface area contributed by atoms with E-state index < -0.39 is 24.9 Å². The molecule has 90 valence electrons. The SMILES string of the molecule is CC(=O)c1ncc([C@@H](O)[C@@H](O)[C@@H](O)CO)[nH]1. The fourth-order valence-electron chi connectivity index (χ4n) is 1.17. The van der Waals surface area contributed by atoms with E-state index in [-0.39, 0.29) is 17.3 Å². The van der Waals surface area contributed by atoms with Gasteiger partial charge in [-0.3, -0.25) is 4.79 Å². The third-order valence-corrected chi connectivity index (χ3v) is 2.15. The molecule has 7 heteroatoms. The van der Waals surface area contributed by atoms with E-state index in [2.05, 4.69) is 9.97 Å². The van der Waals surface area contributed by atoms with Crippen LogP contribution in [0.25, 0.3) is 0 Å². The first-order chi connectivity index (χ1) is 7.47. The van der Waals surface area contributed by atoms with Crippen LogP contribution < -0.4 is 0 Å². The summed E-state index contributed by atoms with van der Waals surface area (Å²) < 4.78 is 0. The zero-order valence-corrected chi connectivity index (χ0v) is 8.66. The maximum absolute atomic E-state index is 10.9. The molecule has 0 bridgehead atoms. The highest BCUT2D eigenvalue weighted by molar-refractivity contribution is 5.90. The summed E-state index contributed by atoms with van der Waals surface area (Å²) >= 11 is 0. The molecule has 0 radical (unpaired) electrons. The highest BCUT2D eigenvalue weighted by Gasteiger charge is 2.27. The number of hydrogen-bond acceptors (Lipinski definition) is 6. The highest BCUT2D eigenvalue weighted by Crippen LogP contribution is 2.17. The Balaban J connectivity index is 2.79. The molecule has 0 aromatic carbocycles. The van der Waals surface area contributed by atoms with Gasteiger partial charge in [-0.1, -0.05) is 0 Å². The molecule has 3 atom stereocenters. The summed E-state index contributed by atoms with van der Waals surface area (Å²) in [5.74, 6) is -0.254. The Kier molecular flexibility index (Phi) is 4.13. The Morgan fingerprint density at radius 1 is 1.50 bits per heavy atom. The van der Waals surface area contributed by atoms with Gasteiger partial charge in [-0.15, -0.1) is 0 Å². The van der Waals surface area contributed by atoms with Crippen LogP contribution in [-0.4, -0.2) is 55.0 Å². The molecule has 0 saturated carbocycles. The molecule has 0 aliphatic rings. The van der Waals surface area contributed by atoms with E-state index in [1.165, 1.54) is 13.1 Å². The number of carbonyl (C=O) groups excluding carboxylic acids is 1. The molecule has 0 aliphatic heterocycles. The Bertz CT molecular complexity index is 365. The van der Waals surface area contributed by atoms with Crippen LogP contribution >= 0.6 is 0 Å². The Hall–Kier alpha value is -1.28. The maximum atomic E-state index is 10.9. The number of imidazole rings is 1. The molecular formula is C9H14N2O5. The fourth-order valence-corrected chi connectivity index (χ4v) is 1.17. The van der Waals surface area contributed by atoms with E-state index in [0.717, 1.165) is 0 Å². The molecule has 0 saturated heterocycles. The topological polar surface area (TPSA) is 127 Å². The third kappa shape index (κ3) is 2.64. The van der Waals surface area contributed by atoms with Crippen molar-refractivity contribution in [1.82, 2.24) is 9.97 Å². The van der Waals surface area contributed by atoms with Crippen molar-refractivity contribution in [2.24, 2.45) is 0 Å². The largest absolute Gasteiger partial charge is 0.394 e. The summed E-state index contributed by atoms with van der Waals surface area (Å²) in [6.45, 7) is 0.625. The van der Waals surface area contributed by atoms with Crippen molar-refractivity contribution in [2.45, 2.75) is 25.2 Å². The van der Waals surface area contributed by atoms with Gasteiger partial charge < -0.3 is 25.4 Å². The number of aliphatic hydroxyl groups is 4. The lowest BCUT2D eigenvalue weighted by molar-refractivity contribution is -0.0788. The predicted octanol–water partition coefficient (Wildman–Crippen LogP) is -1.64. The second-order valence-corrected chi connectivity index (χ2v) is 3.43. The molecule has 1 rings (SSSR count). The van der Waals surface area contributed by atoms with Crippen LogP contribution in [0, 0.1) is 0 Å². The predicted molar refractivity (Wildman–Crippen MR) is 52.7 cm³/mol. The summed E-state index contributed by atoms with van der Waals surface area (Å²) in [6.07, 6.45) is -3.26. The first-order valence-corrected chi connectivity index (χ1v) is 4.68. The molecular weight excluding hydrogens is 216 g/mol. The number of ketones is 1. The molecule has 1 aromatic rings. The number of H-pyrrole nitrogens is 1. The average Bonchev–Trinajstić information content (AvgIpc) is 2.75. The van der Waals surface area contributed by atoms with Crippen molar-refractivity contribution in [3.8, 4) is 0 Å². The number of hydrogen-bond donors (Lipinski definition) is 5. The minimum absolute atomic E-state index is 0.0553. The van der Waals surface area contributed by atoms with E-state index >= 15 is 0 Å². The van der Waals surface area contributed by atoms with Gasteiger partial charge in [0, 0.05) is 6.92 Å². The summed E-state index contributed by atoms with van der Waals surface area (Å²) in [6, 6.07) is 0. The first kappa shape index (κ1) is 12.8. The van der Waals surface area contributed by atoms with Crippen molar-refractivity contribution in [3.05, 3.63) is 17.7 Å². The molecule has 7 nitrogen and oxygen atoms in total. The number of aromatic amines is 1. The van der Waals surface area contributed by atoms with Crippen LogP contribution in [0.2, 0.25) is 0 Å². The number of nitrogens with one attached hydrogen (secondary N) is 1. The lowest BCUT2D eigenvalue weighted by Crippen LogP contribution is -2.34. The van der Waals surface area contributed by atoms with E-state index in [0.29, 0.717) is 0 Å². The number of rotatable bonds is 5. The maximum Gasteiger partial charge on any atom is 0.194 e. The van der Waals surface area contributed by atoms with Gasteiger partial charge in [-0.05, 0) is 0 Å². The molecule has 0 unspecified atom stereocenters. The quantitative estimate of drug-likeness (QED) is 0.386. The van der Waals surface area contributed by atoms with E-state index in [1.54, 1.807) is 0 Å². The molecule has 0 fully saturated rings. The van der Waals surface area contributed by atoms with Crippen LogP contribution in [0.3, 0.4) is 0 Å². The molecule has 0 spiro atoms. The number of aliphatic hydroxyl groups excluding tert-OH is 4. The monoisotopic (exact) mass is 230 g/mol. The van der Waals surface area contributed by atoms with Crippen LogP contribution in [0.1, 0.15) is 29.3 Å². The average molecular weight is 230 g/mol. The zero-order chi connectivity index (χ0) is 12.3. The summed E-state index contributed by atoms with van der Waals surface area (Å²) in [7, 11) is 0.